The van der Waals surface area contributed by atoms with Crippen molar-refractivity contribution in [2.75, 3.05) is 0 Å². The van der Waals surface area contributed by atoms with Crippen LogP contribution in [0.5, 0.6) is 0 Å². The summed E-state index contributed by atoms with van der Waals surface area (Å²) in [6, 6.07) is 4.88. The molecular weight excluding hydrogens is 255 g/mol. The molecule has 1 aliphatic carbocycles. The molecule has 20 heavy (non-hydrogen) atoms. The minimum absolute atomic E-state index is 0.0583. The Morgan fingerprint density at radius 2 is 1.85 bits per heavy atom. The van der Waals surface area contributed by atoms with Crippen molar-refractivity contribution < 1.29 is 13.9 Å². The van der Waals surface area contributed by atoms with Gasteiger partial charge in [0.05, 0.1) is 5.56 Å². The number of carbonyl (C=O) groups is 1. The molecule has 0 bridgehead atoms. The summed E-state index contributed by atoms with van der Waals surface area (Å²) in [5, 5.41) is 0. The quantitative estimate of drug-likeness (QED) is 0.724. The van der Waals surface area contributed by atoms with Crippen molar-refractivity contribution in [2.24, 2.45) is 0 Å². The van der Waals surface area contributed by atoms with Crippen LogP contribution in [0.2, 0.25) is 0 Å². The average Bonchev–Trinajstić information content (AvgIpc) is 2.38. The van der Waals surface area contributed by atoms with E-state index < -0.39 is 17.4 Å². The maximum absolute atomic E-state index is 13.9. The number of esters is 1. The molecule has 0 aromatic heterocycles. The first-order chi connectivity index (χ1) is 9.37. The van der Waals surface area contributed by atoms with E-state index in [4.69, 9.17) is 4.74 Å². The molecule has 0 atom stereocenters. The molecule has 0 heterocycles. The molecule has 0 amide bonds. The van der Waals surface area contributed by atoms with E-state index in [0.717, 1.165) is 18.4 Å². The Bertz CT molecular complexity index is 482. The van der Waals surface area contributed by atoms with Crippen LogP contribution in [0.25, 0.3) is 0 Å². The molecule has 1 aliphatic rings. The summed E-state index contributed by atoms with van der Waals surface area (Å²) in [6.07, 6.45) is 5.95. The summed E-state index contributed by atoms with van der Waals surface area (Å²) in [6.45, 7) is 5.36. The van der Waals surface area contributed by atoms with E-state index in [9.17, 15) is 9.18 Å². The van der Waals surface area contributed by atoms with Crippen molar-refractivity contribution in [1.29, 1.82) is 0 Å². The monoisotopic (exact) mass is 278 g/mol. The molecule has 0 radical (unpaired) electrons. The highest BCUT2D eigenvalue weighted by atomic mass is 19.1. The lowest BCUT2D eigenvalue weighted by molar-refractivity contribution is 0.00645. The Labute approximate surface area is 120 Å². The summed E-state index contributed by atoms with van der Waals surface area (Å²) in [5.41, 5.74) is 0.514. The van der Waals surface area contributed by atoms with Gasteiger partial charge >= 0.3 is 5.97 Å². The zero-order chi connectivity index (χ0) is 14.8. The fraction of sp³-hybridized carbons (Fsp3) is 0.588. The highest BCUT2D eigenvalue weighted by Crippen LogP contribution is 2.33. The van der Waals surface area contributed by atoms with Crippen molar-refractivity contribution >= 4 is 5.97 Å². The van der Waals surface area contributed by atoms with Gasteiger partial charge in [0, 0.05) is 0 Å². The van der Waals surface area contributed by atoms with Crippen LogP contribution in [-0.2, 0) is 4.74 Å². The smallest absolute Gasteiger partial charge is 0.341 e. The molecule has 2 nitrogen and oxygen atoms in total. The predicted molar refractivity (Wildman–Crippen MR) is 77.4 cm³/mol. The standard InChI is InChI=1S/C17H23FO2/c1-17(2,3)20-16(19)14-11-13(9-10-15(14)18)12-7-5-4-6-8-12/h9-12H,4-8H2,1-3H3. The molecule has 110 valence electrons. The number of halogens is 1. The molecule has 0 saturated heterocycles. The number of ether oxygens (including phenoxy) is 1. The van der Waals surface area contributed by atoms with Crippen molar-refractivity contribution in [3.8, 4) is 0 Å². The second-order valence-electron chi connectivity index (χ2n) is 6.58. The van der Waals surface area contributed by atoms with Crippen LogP contribution in [-0.4, -0.2) is 11.6 Å². The zero-order valence-electron chi connectivity index (χ0n) is 12.5. The van der Waals surface area contributed by atoms with Gasteiger partial charge in [0.15, 0.2) is 0 Å². The van der Waals surface area contributed by atoms with Crippen LogP contribution in [0.4, 0.5) is 4.39 Å². The highest BCUT2D eigenvalue weighted by Gasteiger charge is 2.23. The van der Waals surface area contributed by atoms with E-state index >= 15 is 0 Å². The second-order valence-corrected chi connectivity index (χ2v) is 6.58. The summed E-state index contributed by atoms with van der Waals surface area (Å²) < 4.78 is 19.1. The first kappa shape index (κ1) is 15.0. The number of hydrogen-bond acceptors (Lipinski definition) is 2. The lowest BCUT2D eigenvalue weighted by Crippen LogP contribution is -2.24. The van der Waals surface area contributed by atoms with E-state index in [1.165, 1.54) is 25.3 Å². The second kappa shape index (κ2) is 5.94. The molecule has 1 aromatic carbocycles. The number of rotatable bonds is 2. The van der Waals surface area contributed by atoms with Crippen molar-refractivity contribution in [3.63, 3.8) is 0 Å². The van der Waals surface area contributed by atoms with Gasteiger partial charge in [0.1, 0.15) is 11.4 Å². The van der Waals surface area contributed by atoms with Gasteiger partial charge in [0.25, 0.3) is 0 Å². The first-order valence-electron chi connectivity index (χ1n) is 7.39. The van der Waals surface area contributed by atoms with Gasteiger partial charge in [-0.05, 0) is 57.2 Å². The summed E-state index contributed by atoms with van der Waals surface area (Å²) in [5.74, 6) is -0.628. The van der Waals surface area contributed by atoms with Crippen molar-refractivity contribution in [2.45, 2.75) is 64.4 Å². The van der Waals surface area contributed by atoms with Crippen LogP contribution in [0.1, 0.15) is 74.7 Å². The van der Waals surface area contributed by atoms with Crippen molar-refractivity contribution in [1.82, 2.24) is 0 Å². The van der Waals surface area contributed by atoms with Gasteiger partial charge in [-0.1, -0.05) is 25.3 Å². The summed E-state index contributed by atoms with van der Waals surface area (Å²) in [7, 11) is 0. The number of carbonyl (C=O) groups excluding carboxylic acids is 1. The summed E-state index contributed by atoms with van der Waals surface area (Å²) >= 11 is 0. The zero-order valence-corrected chi connectivity index (χ0v) is 12.5. The molecule has 1 fully saturated rings. The SMILES string of the molecule is CC(C)(C)OC(=O)c1cc(C2CCCCC2)ccc1F. The van der Waals surface area contributed by atoms with E-state index in [2.05, 4.69) is 0 Å². The fourth-order valence-corrected chi connectivity index (χ4v) is 2.72. The van der Waals surface area contributed by atoms with E-state index in [0.29, 0.717) is 5.92 Å². The maximum atomic E-state index is 13.9. The Morgan fingerprint density at radius 3 is 2.45 bits per heavy atom. The molecule has 1 saturated carbocycles. The van der Waals surface area contributed by atoms with Crippen LogP contribution in [0.3, 0.4) is 0 Å². The minimum Gasteiger partial charge on any atom is -0.456 e. The number of benzene rings is 1. The van der Waals surface area contributed by atoms with Gasteiger partial charge in [-0.15, -0.1) is 0 Å². The number of hydrogen-bond donors (Lipinski definition) is 0. The molecule has 1 aromatic rings. The topological polar surface area (TPSA) is 26.3 Å². The maximum Gasteiger partial charge on any atom is 0.341 e. The molecular formula is C17H23FO2. The van der Waals surface area contributed by atoms with Gasteiger partial charge in [-0.2, -0.15) is 0 Å². The van der Waals surface area contributed by atoms with Crippen molar-refractivity contribution in [3.05, 3.63) is 35.1 Å². The molecule has 2 rings (SSSR count). The van der Waals surface area contributed by atoms with E-state index in [-0.39, 0.29) is 5.56 Å². The Morgan fingerprint density at radius 1 is 1.20 bits per heavy atom. The summed E-state index contributed by atoms with van der Waals surface area (Å²) in [4.78, 5) is 12.1. The van der Waals surface area contributed by atoms with Crippen LogP contribution in [0.15, 0.2) is 18.2 Å². The van der Waals surface area contributed by atoms with Crippen LogP contribution >= 0.6 is 0 Å². The predicted octanol–water partition coefficient (Wildman–Crippen LogP) is 4.83. The third-order valence-electron chi connectivity index (χ3n) is 3.69. The largest absolute Gasteiger partial charge is 0.456 e. The van der Waals surface area contributed by atoms with Crippen LogP contribution in [0, 0.1) is 5.82 Å². The van der Waals surface area contributed by atoms with Gasteiger partial charge < -0.3 is 4.74 Å². The Kier molecular flexibility index (Phi) is 4.46. The lowest BCUT2D eigenvalue weighted by atomic mass is 9.83. The fourth-order valence-electron chi connectivity index (χ4n) is 2.72. The first-order valence-corrected chi connectivity index (χ1v) is 7.39. The molecule has 0 aliphatic heterocycles. The Balaban J connectivity index is 2.22. The van der Waals surface area contributed by atoms with Gasteiger partial charge in [0.2, 0.25) is 0 Å². The Hall–Kier alpha value is -1.38. The van der Waals surface area contributed by atoms with Crippen LogP contribution < -0.4 is 0 Å². The third-order valence-corrected chi connectivity index (χ3v) is 3.69. The van der Waals surface area contributed by atoms with Gasteiger partial charge in [-0.25, -0.2) is 9.18 Å². The average molecular weight is 278 g/mol. The normalized spacial score (nSPS) is 17.0. The van der Waals surface area contributed by atoms with E-state index in [1.807, 2.05) is 0 Å². The van der Waals surface area contributed by atoms with E-state index in [1.54, 1.807) is 32.9 Å². The lowest BCUT2D eigenvalue weighted by Gasteiger charge is -2.23. The third kappa shape index (κ3) is 3.81. The molecule has 0 spiro atoms. The highest BCUT2D eigenvalue weighted by molar-refractivity contribution is 5.90. The molecule has 0 unspecified atom stereocenters. The molecule has 3 heteroatoms. The molecule has 0 N–H and O–H groups in total. The minimum atomic E-state index is -0.607. The van der Waals surface area contributed by atoms with Gasteiger partial charge in [-0.3, -0.25) is 0 Å².